The lowest BCUT2D eigenvalue weighted by Gasteiger charge is -2.41. The Kier molecular flexibility index (Phi) is 13.4. The van der Waals surface area contributed by atoms with Crippen molar-refractivity contribution in [1.29, 1.82) is 5.26 Å². The molecule has 43 heavy (non-hydrogen) atoms. The number of anilines is 1. The van der Waals surface area contributed by atoms with E-state index in [4.69, 9.17) is 0 Å². The normalized spacial score (nSPS) is 19.4. The van der Waals surface area contributed by atoms with E-state index in [1.54, 1.807) is 31.9 Å². The third-order valence-corrected chi connectivity index (χ3v) is 9.62. The highest BCUT2D eigenvalue weighted by atomic mass is 19.1. The topological polar surface area (TPSA) is 93.2 Å². The van der Waals surface area contributed by atoms with Crippen LogP contribution in [0.5, 0.6) is 5.75 Å². The first-order chi connectivity index (χ1) is 20.4. The number of nitrogens with zero attached hydrogens (tertiary/aromatic N) is 4. The second kappa shape index (κ2) is 16.0. The number of fused-ring (bicyclic) bond motifs is 1. The molecule has 2 unspecified atom stereocenters. The van der Waals surface area contributed by atoms with E-state index in [1.165, 1.54) is 100 Å². The Hall–Kier alpha value is -3.18. The second-order valence-electron chi connectivity index (χ2n) is 12.6. The Morgan fingerprint density at radius 2 is 1.42 bits per heavy atom. The van der Waals surface area contributed by atoms with Crippen molar-refractivity contribution >= 4 is 11.4 Å². The summed E-state index contributed by atoms with van der Waals surface area (Å²) in [5, 5.41) is 33.2. The minimum absolute atomic E-state index is 0.0817. The van der Waals surface area contributed by atoms with Crippen LogP contribution in [0, 0.1) is 27.3 Å². The number of quaternary nitrogens is 1. The van der Waals surface area contributed by atoms with Gasteiger partial charge in [-0.25, -0.2) is 4.39 Å². The molecule has 1 aliphatic rings. The quantitative estimate of drug-likeness (QED) is 0.118. The van der Waals surface area contributed by atoms with Crippen LogP contribution >= 0.6 is 0 Å². The molecule has 0 N–H and O–H groups in total. The van der Waals surface area contributed by atoms with Crippen molar-refractivity contribution in [1.82, 2.24) is 0 Å². The zero-order chi connectivity index (χ0) is 32.3. The summed E-state index contributed by atoms with van der Waals surface area (Å²) in [6, 6.07) is 10.2. The summed E-state index contributed by atoms with van der Waals surface area (Å²) in [6.07, 6.45) is 11.1. The first-order valence-electron chi connectivity index (χ1n) is 16.1. The van der Waals surface area contributed by atoms with Crippen molar-refractivity contribution in [3.8, 4) is 11.8 Å². The van der Waals surface area contributed by atoms with E-state index in [2.05, 4.69) is 33.8 Å². The van der Waals surface area contributed by atoms with Gasteiger partial charge in [0.25, 0.3) is 5.69 Å². The lowest BCUT2D eigenvalue weighted by atomic mass is 9.67. The molecular weight excluding hydrogens is 543 g/mol. The van der Waals surface area contributed by atoms with Crippen molar-refractivity contribution in [3.05, 3.63) is 63.5 Å². The van der Waals surface area contributed by atoms with Gasteiger partial charge >= 0.3 is 0 Å². The molecule has 0 aromatic heterocycles. The molecule has 7 nitrogen and oxygen atoms in total. The third kappa shape index (κ3) is 8.26. The van der Waals surface area contributed by atoms with E-state index in [-0.39, 0.29) is 23.4 Å². The zero-order valence-electron chi connectivity index (χ0n) is 27.5. The van der Waals surface area contributed by atoms with Gasteiger partial charge in [0.05, 0.1) is 37.2 Å². The van der Waals surface area contributed by atoms with Crippen LogP contribution in [0.1, 0.15) is 104 Å². The average molecular weight is 597 g/mol. The predicted octanol–water partition coefficient (Wildman–Crippen LogP) is 8.04. The van der Waals surface area contributed by atoms with Crippen LogP contribution in [0.3, 0.4) is 0 Å². The number of unbranched alkanes of at least 4 members (excludes halogenated alkanes) is 4. The standard InChI is InChI=1S/C19H18FN3O3.C16H36N/c1-18(10-12-8-14(23(25)26)5-7-17(12)24)15-9-13(20)4-6-16(15)22(3)19(18,2)11-21;1-5-9-13-17(14-10-6-2,15-11-7-3)16-12-8-4/h4-9,24H,10H2,1-3H3;5-16H2,1-4H3/q;+1/p-1. The Morgan fingerprint density at radius 1 is 0.907 bits per heavy atom. The van der Waals surface area contributed by atoms with Crippen molar-refractivity contribution < 1.29 is 18.9 Å². The number of halogens is 1. The van der Waals surface area contributed by atoms with Crippen molar-refractivity contribution in [2.24, 2.45) is 0 Å². The van der Waals surface area contributed by atoms with Gasteiger partial charge in [0.2, 0.25) is 0 Å². The van der Waals surface area contributed by atoms with Crippen LogP contribution in [0.4, 0.5) is 15.8 Å². The molecule has 0 saturated carbocycles. The Balaban J connectivity index is 0.000000332. The van der Waals surface area contributed by atoms with Crippen LogP contribution < -0.4 is 10.0 Å². The smallest absolute Gasteiger partial charge is 0.269 e. The fraction of sp³-hybridized carbons (Fsp3) is 0.629. The van der Waals surface area contributed by atoms with Gasteiger partial charge < -0.3 is 14.5 Å². The Morgan fingerprint density at radius 3 is 1.86 bits per heavy atom. The van der Waals surface area contributed by atoms with Gasteiger partial charge in [0.1, 0.15) is 11.4 Å². The van der Waals surface area contributed by atoms with E-state index >= 15 is 0 Å². The van der Waals surface area contributed by atoms with Gasteiger partial charge in [0, 0.05) is 30.3 Å². The van der Waals surface area contributed by atoms with Crippen molar-refractivity contribution in [2.75, 3.05) is 38.1 Å². The molecule has 0 bridgehead atoms. The molecule has 0 fully saturated rings. The lowest BCUT2D eigenvalue weighted by Crippen LogP contribution is -2.53. The number of rotatable bonds is 15. The summed E-state index contributed by atoms with van der Waals surface area (Å²) in [5.74, 6) is -0.781. The molecule has 1 aliphatic heterocycles. The second-order valence-corrected chi connectivity index (χ2v) is 12.6. The van der Waals surface area contributed by atoms with Crippen LogP contribution in [0.25, 0.3) is 0 Å². The number of hydrogen-bond donors (Lipinski definition) is 0. The van der Waals surface area contributed by atoms with E-state index in [9.17, 15) is 24.9 Å². The third-order valence-electron chi connectivity index (χ3n) is 9.62. The Bertz CT molecular complexity index is 1210. The van der Waals surface area contributed by atoms with Crippen molar-refractivity contribution in [2.45, 2.75) is 110 Å². The molecule has 0 aliphatic carbocycles. The number of nitro groups is 1. The van der Waals surface area contributed by atoms with Gasteiger partial charge in [-0.1, -0.05) is 66.4 Å². The molecule has 0 saturated heterocycles. The number of nitro benzene ring substituents is 1. The molecule has 1 heterocycles. The summed E-state index contributed by atoms with van der Waals surface area (Å²) >= 11 is 0. The van der Waals surface area contributed by atoms with Crippen LogP contribution in [0.2, 0.25) is 0 Å². The minimum atomic E-state index is -1.06. The lowest BCUT2D eigenvalue weighted by molar-refractivity contribution is -0.929. The van der Waals surface area contributed by atoms with Gasteiger partial charge in [-0.15, -0.1) is 5.75 Å². The van der Waals surface area contributed by atoms with Crippen molar-refractivity contribution in [3.63, 3.8) is 0 Å². The average Bonchev–Trinajstić information content (AvgIpc) is 3.15. The van der Waals surface area contributed by atoms with E-state index in [1.807, 2.05) is 0 Å². The summed E-state index contributed by atoms with van der Waals surface area (Å²) in [6.45, 7) is 18.5. The molecule has 2 atom stereocenters. The highest BCUT2D eigenvalue weighted by Gasteiger charge is 2.56. The number of nitriles is 1. The molecule has 2 aromatic rings. The fourth-order valence-corrected chi connectivity index (χ4v) is 6.43. The molecule has 8 heteroatoms. The van der Waals surface area contributed by atoms with E-state index < -0.39 is 21.7 Å². The first-order valence-corrected chi connectivity index (χ1v) is 16.1. The van der Waals surface area contributed by atoms with Crippen LogP contribution in [-0.4, -0.2) is 48.2 Å². The number of non-ortho nitro benzene ring substituents is 1. The van der Waals surface area contributed by atoms with Gasteiger partial charge in [-0.2, -0.15) is 5.26 Å². The summed E-state index contributed by atoms with van der Waals surface area (Å²) in [4.78, 5) is 12.3. The number of hydrogen-bond acceptors (Lipinski definition) is 5. The molecular formula is C35H53FN4O3. The highest BCUT2D eigenvalue weighted by Crippen LogP contribution is 2.53. The van der Waals surface area contributed by atoms with Gasteiger partial charge in [0.15, 0.2) is 0 Å². The SMILES string of the molecule is CCCC[N+](CCCC)(CCCC)CCCC.CN1c2ccc(F)cc2C(C)(Cc2cc([N+](=O)[O-])ccc2[O-])C1(C)C#N. The summed E-state index contributed by atoms with van der Waals surface area (Å²) in [5.41, 5.74) is -0.630. The maximum absolute atomic E-state index is 13.9. The summed E-state index contributed by atoms with van der Waals surface area (Å²) in [7, 11) is 1.75. The molecule has 2 aromatic carbocycles. The van der Waals surface area contributed by atoms with E-state index in [0.717, 1.165) is 12.1 Å². The van der Waals surface area contributed by atoms with Gasteiger partial charge in [-0.05, 0) is 68.4 Å². The minimum Gasteiger partial charge on any atom is -0.872 e. The monoisotopic (exact) mass is 596 g/mol. The largest absolute Gasteiger partial charge is 0.872 e. The number of benzene rings is 2. The maximum atomic E-state index is 13.9. The number of likely N-dealkylation sites (N-methyl/N-ethyl adjacent to an activating group) is 1. The fourth-order valence-electron chi connectivity index (χ4n) is 6.43. The maximum Gasteiger partial charge on any atom is 0.269 e. The molecule has 238 valence electrons. The van der Waals surface area contributed by atoms with Crippen LogP contribution in [0.15, 0.2) is 36.4 Å². The molecule has 0 spiro atoms. The Labute approximate surface area is 259 Å². The predicted molar refractivity (Wildman–Crippen MR) is 172 cm³/mol. The molecule has 0 radical (unpaired) electrons. The molecule has 0 amide bonds. The molecule has 3 rings (SSSR count). The first kappa shape index (κ1) is 36.0. The zero-order valence-corrected chi connectivity index (χ0v) is 27.5. The van der Waals surface area contributed by atoms with E-state index in [0.29, 0.717) is 11.3 Å². The summed E-state index contributed by atoms with van der Waals surface area (Å²) < 4.78 is 15.3. The van der Waals surface area contributed by atoms with Crippen LogP contribution in [-0.2, 0) is 11.8 Å². The highest BCUT2D eigenvalue weighted by molar-refractivity contribution is 5.69. The van der Waals surface area contributed by atoms with Gasteiger partial charge in [-0.3, -0.25) is 10.1 Å².